The summed E-state index contributed by atoms with van der Waals surface area (Å²) in [6.07, 6.45) is 0. The SMILES string of the molecule is CCOc1cccc(Nc2nc(NCCO)nc(NCCO)n2)c1. The fourth-order valence-electron chi connectivity index (χ4n) is 1.88. The van der Waals surface area contributed by atoms with Gasteiger partial charge in [-0.25, -0.2) is 0 Å². The van der Waals surface area contributed by atoms with Crippen LogP contribution in [0.5, 0.6) is 5.75 Å². The van der Waals surface area contributed by atoms with Crippen molar-refractivity contribution in [3.05, 3.63) is 24.3 Å². The number of hydrogen-bond acceptors (Lipinski definition) is 9. The minimum absolute atomic E-state index is 0.0375. The largest absolute Gasteiger partial charge is 0.494 e. The number of rotatable bonds is 10. The monoisotopic (exact) mass is 334 g/mol. The van der Waals surface area contributed by atoms with E-state index in [0.717, 1.165) is 11.4 Å². The predicted octanol–water partition coefficient (Wildman–Crippen LogP) is 0.822. The van der Waals surface area contributed by atoms with Gasteiger partial charge in [0, 0.05) is 24.8 Å². The molecular formula is C15H22N6O3. The summed E-state index contributed by atoms with van der Waals surface area (Å²) in [5.41, 5.74) is 0.772. The Balaban J connectivity index is 2.18. The molecule has 0 bridgehead atoms. The van der Waals surface area contributed by atoms with Crippen molar-refractivity contribution >= 4 is 23.5 Å². The number of hydrogen-bond donors (Lipinski definition) is 5. The minimum atomic E-state index is -0.0375. The van der Waals surface area contributed by atoms with Crippen molar-refractivity contribution < 1.29 is 14.9 Å². The highest BCUT2D eigenvalue weighted by Crippen LogP contribution is 2.20. The molecular weight excluding hydrogens is 312 g/mol. The number of anilines is 4. The van der Waals surface area contributed by atoms with E-state index in [0.29, 0.717) is 37.5 Å². The molecule has 0 amide bonds. The van der Waals surface area contributed by atoms with E-state index in [9.17, 15) is 0 Å². The average Bonchev–Trinajstić information content (AvgIpc) is 2.59. The summed E-state index contributed by atoms with van der Waals surface area (Å²) in [5, 5.41) is 26.7. The number of nitrogens with one attached hydrogen (secondary N) is 3. The fourth-order valence-corrected chi connectivity index (χ4v) is 1.88. The van der Waals surface area contributed by atoms with Crippen molar-refractivity contribution in [3.63, 3.8) is 0 Å². The number of aliphatic hydroxyl groups is 2. The van der Waals surface area contributed by atoms with Crippen molar-refractivity contribution in [2.75, 3.05) is 48.9 Å². The molecule has 2 aromatic rings. The van der Waals surface area contributed by atoms with E-state index in [1.165, 1.54) is 0 Å². The van der Waals surface area contributed by atoms with Crippen LogP contribution in [0.1, 0.15) is 6.92 Å². The van der Waals surface area contributed by atoms with Crippen molar-refractivity contribution in [1.29, 1.82) is 0 Å². The Hall–Kier alpha value is -2.65. The van der Waals surface area contributed by atoms with Gasteiger partial charge in [0.2, 0.25) is 17.8 Å². The highest BCUT2D eigenvalue weighted by atomic mass is 16.5. The van der Waals surface area contributed by atoms with Crippen LogP contribution in [0.3, 0.4) is 0 Å². The van der Waals surface area contributed by atoms with E-state index in [1.807, 2.05) is 31.2 Å². The van der Waals surface area contributed by atoms with E-state index >= 15 is 0 Å². The Morgan fingerprint density at radius 2 is 1.58 bits per heavy atom. The summed E-state index contributed by atoms with van der Waals surface area (Å²) in [5.74, 6) is 1.72. The van der Waals surface area contributed by atoms with Crippen LogP contribution < -0.4 is 20.7 Å². The maximum absolute atomic E-state index is 8.91. The van der Waals surface area contributed by atoms with Gasteiger partial charge in [-0.2, -0.15) is 15.0 Å². The van der Waals surface area contributed by atoms with Gasteiger partial charge >= 0.3 is 0 Å². The van der Waals surface area contributed by atoms with Gasteiger partial charge in [0.1, 0.15) is 5.75 Å². The maximum Gasteiger partial charge on any atom is 0.233 e. The summed E-state index contributed by atoms with van der Waals surface area (Å²) in [7, 11) is 0. The first-order chi connectivity index (χ1) is 11.7. The zero-order valence-corrected chi connectivity index (χ0v) is 13.5. The number of aliphatic hydroxyl groups excluding tert-OH is 2. The lowest BCUT2D eigenvalue weighted by Gasteiger charge is -2.11. The van der Waals surface area contributed by atoms with Gasteiger partial charge in [-0.3, -0.25) is 0 Å². The molecule has 9 heteroatoms. The molecule has 0 fully saturated rings. The Bertz CT molecular complexity index is 614. The van der Waals surface area contributed by atoms with E-state index < -0.39 is 0 Å². The minimum Gasteiger partial charge on any atom is -0.494 e. The van der Waals surface area contributed by atoms with Gasteiger partial charge in [0.15, 0.2) is 0 Å². The zero-order valence-electron chi connectivity index (χ0n) is 13.5. The van der Waals surface area contributed by atoms with Gasteiger partial charge in [0.05, 0.1) is 19.8 Å². The second-order valence-corrected chi connectivity index (χ2v) is 4.69. The summed E-state index contributed by atoms with van der Waals surface area (Å²) in [4.78, 5) is 12.7. The third kappa shape index (κ3) is 5.52. The van der Waals surface area contributed by atoms with Crippen LogP contribution in [-0.4, -0.2) is 58.1 Å². The molecule has 0 aliphatic rings. The average molecular weight is 334 g/mol. The smallest absolute Gasteiger partial charge is 0.233 e. The lowest BCUT2D eigenvalue weighted by Crippen LogP contribution is -2.14. The highest BCUT2D eigenvalue weighted by Gasteiger charge is 2.07. The molecule has 0 unspecified atom stereocenters. The molecule has 0 aliphatic carbocycles. The molecule has 0 atom stereocenters. The molecule has 0 spiro atoms. The van der Waals surface area contributed by atoms with Gasteiger partial charge in [-0.15, -0.1) is 0 Å². The first kappa shape index (κ1) is 17.7. The second-order valence-electron chi connectivity index (χ2n) is 4.69. The fraction of sp³-hybridized carbons (Fsp3) is 0.400. The van der Waals surface area contributed by atoms with Gasteiger partial charge < -0.3 is 30.9 Å². The normalized spacial score (nSPS) is 10.3. The number of ether oxygens (including phenoxy) is 1. The van der Waals surface area contributed by atoms with Crippen molar-refractivity contribution in [3.8, 4) is 5.75 Å². The van der Waals surface area contributed by atoms with Crippen molar-refractivity contribution in [1.82, 2.24) is 15.0 Å². The van der Waals surface area contributed by atoms with E-state index in [2.05, 4.69) is 30.9 Å². The van der Waals surface area contributed by atoms with E-state index in [-0.39, 0.29) is 13.2 Å². The van der Waals surface area contributed by atoms with Gasteiger partial charge in [-0.05, 0) is 19.1 Å². The highest BCUT2D eigenvalue weighted by molar-refractivity contribution is 5.57. The molecule has 0 aliphatic heterocycles. The quantitative estimate of drug-likeness (QED) is 0.429. The molecule has 9 nitrogen and oxygen atoms in total. The Morgan fingerprint density at radius 1 is 0.958 bits per heavy atom. The third-order valence-electron chi connectivity index (χ3n) is 2.83. The van der Waals surface area contributed by atoms with Crippen molar-refractivity contribution in [2.24, 2.45) is 0 Å². The van der Waals surface area contributed by atoms with Crippen LogP contribution in [0.15, 0.2) is 24.3 Å². The number of aromatic nitrogens is 3. The Labute approximate surface area is 140 Å². The molecule has 5 N–H and O–H groups in total. The van der Waals surface area contributed by atoms with Crippen LogP contribution in [0, 0.1) is 0 Å². The molecule has 1 aromatic carbocycles. The second kappa shape index (κ2) is 9.48. The molecule has 1 heterocycles. The molecule has 0 radical (unpaired) electrons. The first-order valence-electron chi connectivity index (χ1n) is 7.70. The number of benzene rings is 1. The topological polar surface area (TPSA) is 124 Å². The molecule has 0 saturated heterocycles. The maximum atomic E-state index is 8.91. The summed E-state index contributed by atoms with van der Waals surface area (Å²) < 4.78 is 5.46. The Kier molecular flexibility index (Phi) is 6.99. The summed E-state index contributed by atoms with van der Waals surface area (Å²) >= 11 is 0. The molecule has 1 aromatic heterocycles. The van der Waals surface area contributed by atoms with E-state index in [1.54, 1.807) is 0 Å². The van der Waals surface area contributed by atoms with E-state index in [4.69, 9.17) is 14.9 Å². The molecule has 130 valence electrons. The zero-order chi connectivity index (χ0) is 17.2. The van der Waals surface area contributed by atoms with Crippen LogP contribution >= 0.6 is 0 Å². The predicted molar refractivity (Wildman–Crippen MR) is 91.9 cm³/mol. The van der Waals surface area contributed by atoms with Crippen LogP contribution in [0.4, 0.5) is 23.5 Å². The van der Waals surface area contributed by atoms with Crippen molar-refractivity contribution in [2.45, 2.75) is 6.92 Å². The lowest BCUT2D eigenvalue weighted by atomic mass is 10.3. The Morgan fingerprint density at radius 3 is 2.17 bits per heavy atom. The van der Waals surface area contributed by atoms with Gasteiger partial charge in [-0.1, -0.05) is 6.07 Å². The van der Waals surface area contributed by atoms with Crippen LogP contribution in [-0.2, 0) is 0 Å². The van der Waals surface area contributed by atoms with Crippen LogP contribution in [0.25, 0.3) is 0 Å². The lowest BCUT2D eigenvalue weighted by molar-refractivity contribution is 0.310. The molecule has 0 saturated carbocycles. The number of nitrogens with zero attached hydrogens (tertiary/aromatic N) is 3. The molecule has 2 rings (SSSR count). The standard InChI is InChI=1S/C15H22N6O3/c1-2-24-12-5-3-4-11(10-12)18-15-20-13(16-6-8-22)19-14(21-15)17-7-9-23/h3-5,10,22-23H,2,6-9H2,1H3,(H3,16,17,18,19,20,21). The first-order valence-corrected chi connectivity index (χ1v) is 7.70. The third-order valence-corrected chi connectivity index (χ3v) is 2.83. The summed E-state index contributed by atoms with van der Waals surface area (Å²) in [6.45, 7) is 3.07. The summed E-state index contributed by atoms with van der Waals surface area (Å²) in [6, 6.07) is 7.44. The molecule has 24 heavy (non-hydrogen) atoms. The van der Waals surface area contributed by atoms with Crippen LogP contribution in [0.2, 0.25) is 0 Å². The van der Waals surface area contributed by atoms with Gasteiger partial charge in [0.25, 0.3) is 0 Å².